The third-order valence-corrected chi connectivity index (χ3v) is 4.63. The monoisotopic (exact) mass is 291 g/mol. The minimum atomic E-state index is -3.59. The summed E-state index contributed by atoms with van der Waals surface area (Å²) in [6, 6.07) is 3.02. The third kappa shape index (κ3) is 4.45. The maximum Gasteiger partial charge on any atom is 0.242 e. The van der Waals surface area contributed by atoms with E-state index in [1.165, 1.54) is 12.3 Å². The molecule has 1 atom stereocenters. The van der Waals surface area contributed by atoms with Gasteiger partial charge in [-0.05, 0) is 18.6 Å². The Hall–Kier alpha value is -0.830. The molecule has 1 rings (SSSR count). The van der Waals surface area contributed by atoms with Crippen LogP contribution in [0.1, 0.15) is 12.1 Å². The minimum Gasteiger partial charge on any atom is -0.325 e. The topological polar surface area (TPSA) is 102 Å². The van der Waals surface area contributed by atoms with Crippen molar-refractivity contribution >= 4 is 20.8 Å². The van der Waals surface area contributed by atoms with E-state index in [4.69, 9.17) is 5.73 Å². The Bertz CT molecular complexity index is 517. The van der Waals surface area contributed by atoms with Gasteiger partial charge in [-0.15, -0.1) is 0 Å². The molecule has 1 aromatic rings. The van der Waals surface area contributed by atoms with Gasteiger partial charge in [0.25, 0.3) is 0 Å². The van der Waals surface area contributed by atoms with Gasteiger partial charge in [-0.25, -0.2) is 13.1 Å². The summed E-state index contributed by atoms with van der Waals surface area (Å²) in [5.74, 6) is 0.472. The highest BCUT2D eigenvalue weighted by atomic mass is 32.2. The predicted octanol–water partition coefficient (Wildman–Crippen LogP) is -0.413. The highest BCUT2D eigenvalue weighted by Gasteiger charge is 2.17. The lowest BCUT2D eigenvalue weighted by molar-refractivity contribution is 0.578. The van der Waals surface area contributed by atoms with Crippen molar-refractivity contribution in [2.75, 3.05) is 18.6 Å². The first-order valence-corrected chi connectivity index (χ1v) is 8.62. The molecule has 0 fully saturated rings. The molecular weight excluding hydrogens is 274 g/mol. The Morgan fingerprint density at radius 1 is 1.50 bits per heavy atom. The van der Waals surface area contributed by atoms with Gasteiger partial charge in [0.1, 0.15) is 4.90 Å². The number of rotatable bonds is 7. The van der Waals surface area contributed by atoms with Crippen molar-refractivity contribution in [3.05, 3.63) is 24.0 Å². The van der Waals surface area contributed by atoms with Crippen LogP contribution in [0.4, 0.5) is 0 Å². The van der Waals surface area contributed by atoms with Crippen LogP contribution in [-0.4, -0.2) is 36.2 Å². The maximum atomic E-state index is 12.0. The van der Waals surface area contributed by atoms with E-state index in [9.17, 15) is 12.6 Å². The van der Waals surface area contributed by atoms with Crippen molar-refractivity contribution < 1.29 is 12.6 Å². The van der Waals surface area contributed by atoms with E-state index < -0.39 is 20.8 Å². The molecule has 3 N–H and O–H groups in total. The highest BCUT2D eigenvalue weighted by Crippen LogP contribution is 2.11. The van der Waals surface area contributed by atoms with Gasteiger partial charge in [0.15, 0.2) is 0 Å². The lowest BCUT2D eigenvalue weighted by Crippen LogP contribution is -2.27. The Morgan fingerprint density at radius 3 is 2.83 bits per heavy atom. The fraction of sp³-hybridized carbons (Fsp3) is 0.500. The summed E-state index contributed by atoms with van der Waals surface area (Å²) in [5.41, 5.74) is 5.78. The van der Waals surface area contributed by atoms with E-state index in [1.807, 2.05) is 0 Å². The first-order chi connectivity index (χ1) is 8.47. The van der Waals surface area contributed by atoms with Gasteiger partial charge in [0.05, 0.1) is 5.69 Å². The van der Waals surface area contributed by atoms with Crippen molar-refractivity contribution in [3.8, 4) is 0 Å². The van der Waals surface area contributed by atoms with Crippen molar-refractivity contribution in [1.29, 1.82) is 0 Å². The molecule has 1 heterocycles. The smallest absolute Gasteiger partial charge is 0.242 e. The lowest BCUT2D eigenvalue weighted by atomic mass is 10.3. The van der Waals surface area contributed by atoms with E-state index in [-0.39, 0.29) is 18.0 Å². The second-order valence-electron chi connectivity index (χ2n) is 3.68. The molecule has 0 bridgehead atoms. The van der Waals surface area contributed by atoms with Crippen LogP contribution < -0.4 is 10.5 Å². The Balaban J connectivity index is 2.71. The Kier molecular flexibility index (Phi) is 5.86. The summed E-state index contributed by atoms with van der Waals surface area (Å²) in [6.07, 6.45) is 3.62. The van der Waals surface area contributed by atoms with E-state index in [1.54, 1.807) is 12.3 Å². The van der Waals surface area contributed by atoms with E-state index in [2.05, 4.69) is 9.71 Å². The largest absolute Gasteiger partial charge is 0.325 e. The fourth-order valence-corrected chi connectivity index (χ4v) is 3.20. The summed E-state index contributed by atoms with van der Waals surface area (Å²) in [7, 11) is -4.50. The number of aromatic nitrogens is 1. The number of nitrogens with one attached hydrogen (secondary N) is 1. The predicted molar refractivity (Wildman–Crippen MR) is 70.9 cm³/mol. The Morgan fingerprint density at radius 2 is 2.22 bits per heavy atom. The van der Waals surface area contributed by atoms with Gasteiger partial charge < -0.3 is 5.73 Å². The molecule has 6 nitrogen and oxygen atoms in total. The van der Waals surface area contributed by atoms with Gasteiger partial charge >= 0.3 is 0 Å². The van der Waals surface area contributed by atoms with E-state index in [0.717, 1.165) is 0 Å². The Labute approximate surface area is 110 Å². The van der Waals surface area contributed by atoms with Gasteiger partial charge in [0.2, 0.25) is 10.0 Å². The first-order valence-electron chi connectivity index (χ1n) is 5.41. The van der Waals surface area contributed by atoms with Crippen molar-refractivity contribution in [3.63, 3.8) is 0 Å². The van der Waals surface area contributed by atoms with E-state index >= 15 is 0 Å². The van der Waals surface area contributed by atoms with Gasteiger partial charge in [0, 0.05) is 42.1 Å². The first kappa shape index (κ1) is 15.2. The van der Waals surface area contributed by atoms with Crippen LogP contribution in [0.2, 0.25) is 0 Å². The van der Waals surface area contributed by atoms with Crippen molar-refractivity contribution in [2.24, 2.45) is 5.73 Å². The normalized spacial score (nSPS) is 13.4. The van der Waals surface area contributed by atoms with Crippen LogP contribution in [0.5, 0.6) is 0 Å². The lowest BCUT2D eigenvalue weighted by Gasteiger charge is -2.09. The second-order valence-corrected chi connectivity index (χ2v) is 6.97. The van der Waals surface area contributed by atoms with Crippen molar-refractivity contribution in [1.82, 2.24) is 9.71 Å². The zero-order valence-corrected chi connectivity index (χ0v) is 11.8. The molecule has 0 aliphatic rings. The van der Waals surface area contributed by atoms with Gasteiger partial charge in [-0.3, -0.25) is 9.19 Å². The molecule has 0 radical (unpaired) electrons. The zero-order chi connectivity index (χ0) is 13.6. The molecule has 8 heteroatoms. The molecule has 0 aliphatic heterocycles. The van der Waals surface area contributed by atoms with Crippen LogP contribution in [0.3, 0.4) is 0 Å². The number of pyridine rings is 1. The van der Waals surface area contributed by atoms with Crippen LogP contribution >= 0.6 is 0 Å². The molecule has 0 aliphatic carbocycles. The molecule has 0 saturated carbocycles. The van der Waals surface area contributed by atoms with Crippen LogP contribution in [-0.2, 0) is 27.4 Å². The second kappa shape index (κ2) is 6.93. The summed E-state index contributed by atoms with van der Waals surface area (Å²) < 4.78 is 37.2. The number of hydrogen-bond donors (Lipinski definition) is 2. The maximum absolute atomic E-state index is 12.0. The molecule has 102 valence electrons. The standard InChI is InChI=1S/C10H17N3O3S2/c1-17(14)7-3-6-13-18(15,16)10-4-2-5-12-9(10)8-11/h2,4-5,13H,3,6-8,11H2,1H3. The summed E-state index contributed by atoms with van der Waals surface area (Å²) in [5, 5.41) is 0. The molecule has 18 heavy (non-hydrogen) atoms. The third-order valence-electron chi connectivity index (χ3n) is 2.23. The average Bonchev–Trinajstić information content (AvgIpc) is 2.34. The molecule has 1 unspecified atom stereocenters. The molecule has 0 spiro atoms. The van der Waals surface area contributed by atoms with Crippen LogP contribution in [0.15, 0.2) is 23.2 Å². The average molecular weight is 291 g/mol. The molecular formula is C10H17N3O3S2. The van der Waals surface area contributed by atoms with Crippen LogP contribution in [0.25, 0.3) is 0 Å². The minimum absolute atomic E-state index is 0.0655. The zero-order valence-electron chi connectivity index (χ0n) is 10.1. The van der Waals surface area contributed by atoms with Crippen molar-refractivity contribution in [2.45, 2.75) is 17.9 Å². The summed E-state index contributed by atoms with van der Waals surface area (Å²) in [4.78, 5) is 4.03. The highest BCUT2D eigenvalue weighted by molar-refractivity contribution is 7.89. The molecule has 0 saturated heterocycles. The summed E-state index contributed by atoms with van der Waals surface area (Å²) in [6.45, 7) is 0.316. The molecule has 0 aromatic carbocycles. The quantitative estimate of drug-likeness (QED) is 0.665. The number of nitrogens with two attached hydrogens (primary N) is 1. The van der Waals surface area contributed by atoms with Gasteiger partial charge in [-0.2, -0.15) is 0 Å². The summed E-state index contributed by atoms with van der Waals surface area (Å²) >= 11 is 0. The fourth-order valence-electron chi connectivity index (χ4n) is 1.38. The molecule has 1 aromatic heterocycles. The SMILES string of the molecule is CS(=O)CCCNS(=O)(=O)c1cccnc1CN. The van der Waals surface area contributed by atoms with Gasteiger partial charge in [-0.1, -0.05) is 0 Å². The number of nitrogens with zero attached hydrogens (tertiary/aromatic N) is 1. The van der Waals surface area contributed by atoms with E-state index in [0.29, 0.717) is 17.9 Å². The number of sulfonamides is 1. The number of hydrogen-bond acceptors (Lipinski definition) is 5. The molecule has 0 amide bonds. The van der Waals surface area contributed by atoms with Crippen LogP contribution in [0, 0.1) is 0 Å².